The summed E-state index contributed by atoms with van der Waals surface area (Å²) in [4.78, 5) is 26.0. The van der Waals surface area contributed by atoms with Gasteiger partial charge in [0.25, 0.3) is 0 Å². The molecular weight excluding hydrogens is 415 g/mol. The van der Waals surface area contributed by atoms with E-state index in [2.05, 4.69) is 0 Å². The summed E-state index contributed by atoms with van der Waals surface area (Å²) in [5.74, 6) is -2.54. The topological polar surface area (TPSA) is 97.8 Å². The standard InChI is InChI=1S/C21H22F3N3O4/c1-31-19-16-10(18(28)11(20(29)30)6-27(16)15-3-13(15)23)2-14(24)17(19)26-7-12-9(5-22)4-21(12,25)8-26/h2,6,9,12-13,15H,3-5,7-8,25H2,1H3,(H,29,30)/t9-,12-,13+,15?,21-/m1/s1. The summed E-state index contributed by atoms with van der Waals surface area (Å²) in [6.45, 7) is 0.127. The lowest BCUT2D eigenvalue weighted by Gasteiger charge is -2.46. The van der Waals surface area contributed by atoms with Crippen molar-refractivity contribution in [1.29, 1.82) is 0 Å². The molecule has 10 heteroatoms. The second-order valence-corrected chi connectivity index (χ2v) is 8.88. The Morgan fingerprint density at radius 2 is 2.16 bits per heavy atom. The third-order valence-corrected chi connectivity index (χ3v) is 7.04. The summed E-state index contributed by atoms with van der Waals surface area (Å²) in [6, 6.07) is 0.310. The zero-order chi connectivity index (χ0) is 22.2. The molecule has 2 heterocycles. The highest BCUT2D eigenvalue weighted by molar-refractivity contribution is 5.97. The summed E-state index contributed by atoms with van der Waals surface area (Å²) in [5, 5.41) is 9.21. The molecule has 1 saturated heterocycles. The molecule has 3 N–H and O–H groups in total. The molecule has 0 bridgehead atoms. The first-order valence-electron chi connectivity index (χ1n) is 10.1. The van der Waals surface area contributed by atoms with Gasteiger partial charge in [-0.3, -0.25) is 9.18 Å². The zero-order valence-corrected chi connectivity index (χ0v) is 16.8. The number of rotatable bonds is 5. The number of benzene rings is 1. The number of hydrogen-bond donors (Lipinski definition) is 2. The molecule has 31 heavy (non-hydrogen) atoms. The number of ether oxygens (including phenoxy) is 1. The number of halogens is 3. The molecule has 3 aliphatic rings. The van der Waals surface area contributed by atoms with Crippen LogP contribution in [0.25, 0.3) is 10.9 Å². The number of carbonyl (C=O) groups is 1. The minimum atomic E-state index is -1.47. The number of alkyl halides is 2. The predicted octanol–water partition coefficient (Wildman–Crippen LogP) is 2.25. The predicted molar refractivity (Wildman–Crippen MR) is 107 cm³/mol. The van der Waals surface area contributed by atoms with Crippen LogP contribution in [-0.2, 0) is 0 Å². The molecule has 0 radical (unpaired) electrons. The van der Waals surface area contributed by atoms with Gasteiger partial charge >= 0.3 is 5.97 Å². The van der Waals surface area contributed by atoms with Gasteiger partial charge in [0.05, 0.1) is 30.7 Å². The molecule has 1 aromatic carbocycles. The van der Waals surface area contributed by atoms with Gasteiger partial charge in [0.1, 0.15) is 17.4 Å². The van der Waals surface area contributed by atoms with Gasteiger partial charge in [-0.2, -0.15) is 0 Å². The van der Waals surface area contributed by atoms with Crippen LogP contribution >= 0.6 is 0 Å². The van der Waals surface area contributed by atoms with Crippen LogP contribution < -0.4 is 20.8 Å². The zero-order valence-electron chi connectivity index (χ0n) is 16.8. The third kappa shape index (κ3) is 2.77. The SMILES string of the molecule is COc1c(N2C[C@@H]3[C@@H](CF)C[C@@]3(N)C2)c(F)cc2c(=O)c(C(=O)O)cn(C3C[C@@H]3F)c12. The summed E-state index contributed by atoms with van der Waals surface area (Å²) < 4.78 is 49.4. The number of fused-ring (bicyclic) bond motifs is 2. The first kappa shape index (κ1) is 20.2. The van der Waals surface area contributed by atoms with Crippen molar-refractivity contribution in [2.45, 2.75) is 30.6 Å². The van der Waals surface area contributed by atoms with E-state index in [0.29, 0.717) is 19.5 Å². The molecule has 7 nitrogen and oxygen atoms in total. The number of pyridine rings is 1. The maximum absolute atomic E-state index is 15.3. The number of aromatic nitrogens is 1. The number of nitrogens with two attached hydrogens (primary N) is 1. The first-order valence-corrected chi connectivity index (χ1v) is 10.1. The highest BCUT2D eigenvalue weighted by Crippen LogP contribution is 2.51. The highest BCUT2D eigenvalue weighted by atomic mass is 19.1. The molecule has 2 saturated carbocycles. The molecule has 0 spiro atoms. The Morgan fingerprint density at radius 3 is 2.74 bits per heavy atom. The molecule has 1 aromatic heterocycles. The van der Waals surface area contributed by atoms with Gasteiger partial charge in [-0.15, -0.1) is 0 Å². The summed E-state index contributed by atoms with van der Waals surface area (Å²) in [7, 11) is 1.31. The average Bonchev–Trinajstić information content (AvgIpc) is 3.38. The van der Waals surface area contributed by atoms with Crippen LogP contribution in [0.3, 0.4) is 0 Å². The number of carboxylic acid groups (broad SMARTS) is 1. The van der Waals surface area contributed by atoms with Crippen molar-refractivity contribution in [3.8, 4) is 5.75 Å². The van der Waals surface area contributed by atoms with E-state index in [1.165, 1.54) is 11.7 Å². The van der Waals surface area contributed by atoms with Crippen molar-refractivity contribution >= 4 is 22.6 Å². The Kier molecular flexibility index (Phi) is 4.31. The van der Waals surface area contributed by atoms with E-state index < -0.39 is 47.2 Å². The number of carboxylic acids is 1. The van der Waals surface area contributed by atoms with E-state index in [4.69, 9.17) is 10.5 Å². The molecule has 2 aliphatic carbocycles. The average molecular weight is 437 g/mol. The minimum absolute atomic E-state index is 0.0184. The van der Waals surface area contributed by atoms with E-state index in [-0.39, 0.29) is 40.6 Å². The van der Waals surface area contributed by atoms with Crippen LogP contribution in [0.5, 0.6) is 5.75 Å². The fourth-order valence-corrected chi connectivity index (χ4v) is 5.38. The van der Waals surface area contributed by atoms with Crippen molar-refractivity contribution in [1.82, 2.24) is 4.57 Å². The van der Waals surface area contributed by atoms with E-state index in [9.17, 15) is 23.5 Å². The van der Waals surface area contributed by atoms with Crippen molar-refractivity contribution in [2.24, 2.45) is 17.6 Å². The largest absolute Gasteiger partial charge is 0.492 e. The number of methoxy groups -OCH3 is 1. The quantitative estimate of drug-likeness (QED) is 0.745. The Bertz CT molecular complexity index is 1170. The second-order valence-electron chi connectivity index (χ2n) is 8.88. The van der Waals surface area contributed by atoms with Crippen molar-refractivity contribution in [3.63, 3.8) is 0 Å². The highest BCUT2D eigenvalue weighted by Gasteiger charge is 2.57. The normalized spacial score (nSPS) is 31.5. The molecule has 2 aromatic rings. The van der Waals surface area contributed by atoms with E-state index in [1.54, 1.807) is 4.90 Å². The molecule has 3 fully saturated rings. The van der Waals surface area contributed by atoms with Gasteiger partial charge in [0.2, 0.25) is 5.43 Å². The number of nitrogens with zero attached hydrogens (tertiary/aromatic N) is 2. The van der Waals surface area contributed by atoms with Gasteiger partial charge in [0.15, 0.2) is 11.6 Å². The van der Waals surface area contributed by atoms with Crippen LogP contribution in [0.2, 0.25) is 0 Å². The molecule has 166 valence electrons. The molecule has 1 unspecified atom stereocenters. The monoisotopic (exact) mass is 437 g/mol. The van der Waals surface area contributed by atoms with Crippen LogP contribution in [-0.4, -0.2) is 54.2 Å². The van der Waals surface area contributed by atoms with Gasteiger partial charge in [-0.05, 0) is 18.4 Å². The van der Waals surface area contributed by atoms with Crippen molar-refractivity contribution in [3.05, 3.63) is 33.9 Å². The lowest BCUT2D eigenvalue weighted by atomic mass is 9.62. The second kappa shape index (κ2) is 6.62. The fraction of sp³-hybridized carbons (Fsp3) is 0.524. The van der Waals surface area contributed by atoms with Crippen molar-refractivity contribution in [2.75, 3.05) is 31.8 Å². The van der Waals surface area contributed by atoms with Crippen LogP contribution in [0.4, 0.5) is 18.9 Å². The molecule has 5 atom stereocenters. The van der Waals surface area contributed by atoms with Gasteiger partial charge in [-0.1, -0.05) is 0 Å². The third-order valence-electron chi connectivity index (χ3n) is 7.04. The maximum atomic E-state index is 15.3. The first-order chi connectivity index (χ1) is 14.7. The summed E-state index contributed by atoms with van der Waals surface area (Å²) in [6.07, 6.45) is 0.549. The van der Waals surface area contributed by atoms with Crippen LogP contribution in [0, 0.1) is 17.7 Å². The molecule has 1 aliphatic heterocycles. The van der Waals surface area contributed by atoms with Crippen molar-refractivity contribution < 1.29 is 27.8 Å². The smallest absolute Gasteiger partial charge is 0.341 e. The van der Waals surface area contributed by atoms with E-state index >= 15 is 4.39 Å². The van der Waals surface area contributed by atoms with Gasteiger partial charge < -0.3 is 25.0 Å². The number of hydrogen-bond acceptors (Lipinski definition) is 5. The number of aromatic carboxylic acids is 1. The van der Waals surface area contributed by atoms with E-state index in [1.807, 2.05) is 0 Å². The lowest BCUT2D eigenvalue weighted by Crippen LogP contribution is -2.60. The Hall–Kier alpha value is -2.75. The van der Waals surface area contributed by atoms with Crippen LogP contribution in [0.15, 0.2) is 17.1 Å². The van der Waals surface area contributed by atoms with Gasteiger partial charge in [-0.25, -0.2) is 13.6 Å². The molecule has 5 rings (SSSR count). The molecular formula is C21H22F3N3O4. The Balaban J connectivity index is 1.73. The van der Waals surface area contributed by atoms with Gasteiger partial charge in [0, 0.05) is 37.2 Å². The summed E-state index contributed by atoms with van der Waals surface area (Å²) in [5.41, 5.74) is 4.55. The lowest BCUT2D eigenvalue weighted by molar-refractivity contribution is 0.0629. The Labute approximate surface area is 175 Å². The minimum Gasteiger partial charge on any atom is -0.492 e. The Morgan fingerprint density at radius 1 is 1.45 bits per heavy atom. The molecule has 0 amide bonds. The van der Waals surface area contributed by atoms with Crippen LogP contribution in [0.1, 0.15) is 29.2 Å². The maximum Gasteiger partial charge on any atom is 0.341 e. The fourth-order valence-electron chi connectivity index (χ4n) is 5.38. The summed E-state index contributed by atoms with van der Waals surface area (Å²) >= 11 is 0. The number of anilines is 1. The van der Waals surface area contributed by atoms with E-state index in [0.717, 1.165) is 12.3 Å².